The van der Waals surface area contributed by atoms with Gasteiger partial charge < -0.3 is 5.32 Å². The van der Waals surface area contributed by atoms with Crippen LogP contribution in [0.15, 0.2) is 22.9 Å². The number of nitrogens with one attached hydrogen (secondary N) is 1. The van der Waals surface area contributed by atoms with Crippen molar-refractivity contribution in [3.05, 3.63) is 45.4 Å². The van der Waals surface area contributed by atoms with E-state index in [9.17, 15) is 0 Å². The van der Waals surface area contributed by atoms with Crippen LogP contribution in [0.25, 0.3) is 0 Å². The average molecular weight is 323 g/mol. The van der Waals surface area contributed by atoms with E-state index in [2.05, 4.69) is 45.2 Å². The smallest absolute Gasteiger partial charge is 0.0767 e. The van der Waals surface area contributed by atoms with Crippen LogP contribution in [0.4, 0.5) is 0 Å². The van der Waals surface area contributed by atoms with Crippen LogP contribution < -0.4 is 5.32 Å². The van der Waals surface area contributed by atoms with Crippen LogP contribution in [0.2, 0.25) is 0 Å². The minimum atomic E-state index is 0.790. The first-order chi connectivity index (χ1) is 9.13. The molecule has 0 saturated carbocycles. The summed E-state index contributed by atoms with van der Waals surface area (Å²) in [5.74, 6) is 0. The summed E-state index contributed by atoms with van der Waals surface area (Å²) in [7, 11) is 1.98. The van der Waals surface area contributed by atoms with Crippen molar-refractivity contribution in [3.8, 4) is 0 Å². The number of hydrogen-bond acceptors (Lipinski definition) is 3. The van der Waals surface area contributed by atoms with E-state index in [-0.39, 0.29) is 0 Å². The highest BCUT2D eigenvalue weighted by molar-refractivity contribution is 9.10. The van der Waals surface area contributed by atoms with Gasteiger partial charge in [0.1, 0.15) is 0 Å². The molecule has 0 fully saturated rings. The first-order valence-electron chi connectivity index (χ1n) is 6.44. The van der Waals surface area contributed by atoms with Crippen LogP contribution in [-0.2, 0) is 26.6 Å². The van der Waals surface area contributed by atoms with Gasteiger partial charge >= 0.3 is 0 Å². The summed E-state index contributed by atoms with van der Waals surface area (Å²) in [5.41, 5.74) is 4.78. The maximum Gasteiger partial charge on any atom is 0.0767 e. The fourth-order valence-electron chi connectivity index (χ4n) is 2.01. The predicted molar refractivity (Wildman–Crippen MR) is 79.8 cm³/mol. The Balaban J connectivity index is 2.00. The molecule has 0 spiro atoms. The number of rotatable bonds is 5. The molecule has 0 aliphatic heterocycles. The van der Waals surface area contributed by atoms with Crippen molar-refractivity contribution in [2.45, 2.75) is 33.4 Å². The van der Waals surface area contributed by atoms with Gasteiger partial charge in [-0.1, -0.05) is 6.92 Å². The van der Waals surface area contributed by atoms with Gasteiger partial charge in [-0.2, -0.15) is 5.10 Å². The molecule has 0 aromatic carbocycles. The van der Waals surface area contributed by atoms with Gasteiger partial charge in [0.05, 0.1) is 15.9 Å². The molecule has 0 aliphatic rings. The quantitative estimate of drug-likeness (QED) is 0.920. The lowest BCUT2D eigenvalue weighted by Crippen LogP contribution is -2.16. The normalized spacial score (nSPS) is 10.9. The Kier molecular flexibility index (Phi) is 4.71. The largest absolute Gasteiger partial charge is 0.307 e. The van der Waals surface area contributed by atoms with E-state index in [0.717, 1.165) is 29.7 Å². The van der Waals surface area contributed by atoms with E-state index in [4.69, 9.17) is 0 Å². The molecule has 2 heterocycles. The van der Waals surface area contributed by atoms with Gasteiger partial charge in [-0.05, 0) is 46.5 Å². The second kappa shape index (κ2) is 6.30. The molecule has 19 heavy (non-hydrogen) atoms. The standard InChI is InChI=1S/C14H19BrN4/c1-4-12-14(15)13(19(3)18-12)9-17-8-11-7-16-6-5-10(11)2/h5-7,17H,4,8-9H2,1-3H3. The maximum atomic E-state index is 4.49. The lowest BCUT2D eigenvalue weighted by molar-refractivity contribution is 0.620. The molecule has 0 radical (unpaired) electrons. The summed E-state index contributed by atoms with van der Waals surface area (Å²) < 4.78 is 3.05. The zero-order chi connectivity index (χ0) is 13.8. The third-order valence-electron chi connectivity index (χ3n) is 3.26. The Morgan fingerprint density at radius 3 is 2.79 bits per heavy atom. The zero-order valence-electron chi connectivity index (χ0n) is 11.6. The van der Waals surface area contributed by atoms with E-state index in [0.29, 0.717) is 0 Å². The second-order valence-corrected chi connectivity index (χ2v) is 5.38. The highest BCUT2D eigenvalue weighted by Crippen LogP contribution is 2.21. The number of aromatic nitrogens is 3. The van der Waals surface area contributed by atoms with Gasteiger partial charge in [-0.3, -0.25) is 9.67 Å². The van der Waals surface area contributed by atoms with E-state index >= 15 is 0 Å². The molecule has 0 saturated heterocycles. The molecule has 1 N–H and O–H groups in total. The van der Waals surface area contributed by atoms with Crippen molar-refractivity contribution in [1.82, 2.24) is 20.1 Å². The fourth-order valence-corrected chi connectivity index (χ4v) is 2.77. The first-order valence-corrected chi connectivity index (χ1v) is 7.23. The summed E-state index contributed by atoms with van der Waals surface area (Å²) in [6.07, 6.45) is 4.68. The molecule has 0 bridgehead atoms. The van der Waals surface area contributed by atoms with Crippen molar-refractivity contribution in [2.75, 3.05) is 0 Å². The molecule has 2 rings (SSSR count). The minimum absolute atomic E-state index is 0.790. The number of aryl methyl sites for hydroxylation is 3. The van der Waals surface area contributed by atoms with E-state index in [1.54, 1.807) is 0 Å². The van der Waals surface area contributed by atoms with Crippen LogP contribution in [0, 0.1) is 6.92 Å². The third kappa shape index (κ3) is 3.22. The van der Waals surface area contributed by atoms with Gasteiger partial charge in [-0.25, -0.2) is 0 Å². The molecule has 0 unspecified atom stereocenters. The first kappa shape index (κ1) is 14.2. The summed E-state index contributed by atoms with van der Waals surface area (Å²) in [5, 5.41) is 7.94. The van der Waals surface area contributed by atoms with Crippen molar-refractivity contribution in [3.63, 3.8) is 0 Å². The number of nitrogens with zero attached hydrogens (tertiary/aromatic N) is 3. The number of hydrogen-bond donors (Lipinski definition) is 1. The molecule has 5 heteroatoms. The maximum absolute atomic E-state index is 4.49. The average Bonchev–Trinajstić information content (AvgIpc) is 2.68. The molecule has 102 valence electrons. The van der Waals surface area contributed by atoms with Crippen molar-refractivity contribution < 1.29 is 0 Å². The van der Waals surface area contributed by atoms with Crippen molar-refractivity contribution in [1.29, 1.82) is 0 Å². The summed E-state index contributed by atoms with van der Waals surface area (Å²) in [4.78, 5) is 4.16. The molecule has 0 amide bonds. The van der Waals surface area contributed by atoms with Crippen LogP contribution >= 0.6 is 15.9 Å². The van der Waals surface area contributed by atoms with Crippen LogP contribution in [-0.4, -0.2) is 14.8 Å². The van der Waals surface area contributed by atoms with E-state index in [1.807, 2.05) is 30.2 Å². The lowest BCUT2D eigenvalue weighted by atomic mass is 10.1. The van der Waals surface area contributed by atoms with Gasteiger partial charge in [0.25, 0.3) is 0 Å². The van der Waals surface area contributed by atoms with Gasteiger partial charge in [-0.15, -0.1) is 0 Å². The summed E-state index contributed by atoms with van der Waals surface area (Å²) >= 11 is 3.63. The Morgan fingerprint density at radius 1 is 1.37 bits per heavy atom. The monoisotopic (exact) mass is 322 g/mol. The molecular formula is C14H19BrN4. The van der Waals surface area contributed by atoms with Crippen molar-refractivity contribution in [2.24, 2.45) is 7.05 Å². The molecule has 4 nitrogen and oxygen atoms in total. The minimum Gasteiger partial charge on any atom is -0.307 e. The van der Waals surface area contributed by atoms with E-state index in [1.165, 1.54) is 16.8 Å². The van der Waals surface area contributed by atoms with E-state index < -0.39 is 0 Å². The Hall–Kier alpha value is -1.20. The third-order valence-corrected chi connectivity index (χ3v) is 4.17. The highest BCUT2D eigenvalue weighted by Gasteiger charge is 2.11. The molecule has 2 aromatic heterocycles. The molecule has 0 aliphatic carbocycles. The van der Waals surface area contributed by atoms with Crippen LogP contribution in [0.5, 0.6) is 0 Å². The Morgan fingerprint density at radius 2 is 2.16 bits per heavy atom. The van der Waals surface area contributed by atoms with Gasteiger partial charge in [0.2, 0.25) is 0 Å². The fraction of sp³-hybridized carbons (Fsp3) is 0.429. The SMILES string of the molecule is CCc1nn(C)c(CNCc2cnccc2C)c1Br. The zero-order valence-corrected chi connectivity index (χ0v) is 13.2. The van der Waals surface area contributed by atoms with Crippen molar-refractivity contribution >= 4 is 15.9 Å². The molecular weight excluding hydrogens is 304 g/mol. The second-order valence-electron chi connectivity index (χ2n) is 4.59. The number of halogens is 1. The topological polar surface area (TPSA) is 42.7 Å². The summed E-state index contributed by atoms with van der Waals surface area (Å²) in [6.45, 7) is 5.83. The highest BCUT2D eigenvalue weighted by atomic mass is 79.9. The lowest BCUT2D eigenvalue weighted by Gasteiger charge is -2.08. The Bertz CT molecular complexity index is 563. The van der Waals surface area contributed by atoms with Gasteiger partial charge in [0.15, 0.2) is 0 Å². The summed E-state index contributed by atoms with van der Waals surface area (Å²) in [6, 6.07) is 2.03. The number of pyridine rings is 1. The molecule has 0 atom stereocenters. The van der Waals surface area contributed by atoms with Gasteiger partial charge in [0, 0.05) is 32.5 Å². The van der Waals surface area contributed by atoms with Crippen LogP contribution in [0.1, 0.15) is 29.4 Å². The predicted octanol–water partition coefficient (Wildman–Crippen LogP) is 2.74. The molecule has 2 aromatic rings. The van der Waals surface area contributed by atoms with Crippen LogP contribution in [0.3, 0.4) is 0 Å². The Labute approximate surface area is 122 Å².